The van der Waals surface area contributed by atoms with Crippen molar-refractivity contribution in [1.29, 1.82) is 0 Å². The van der Waals surface area contributed by atoms with Gasteiger partial charge in [-0.25, -0.2) is 0 Å². The Balaban J connectivity index is 0. The fourth-order valence-corrected chi connectivity index (χ4v) is 5.88. The predicted molar refractivity (Wildman–Crippen MR) is 287 cm³/mol. The molecule has 330 valence electrons. The van der Waals surface area contributed by atoms with E-state index in [-0.39, 0.29) is 0 Å². The first kappa shape index (κ1) is 58.0. The minimum Gasteiger partial charge on any atom is -0.258 e. The lowest BCUT2D eigenvalue weighted by atomic mass is 9.88. The van der Waals surface area contributed by atoms with Crippen LogP contribution in [-0.4, -0.2) is 5.71 Å². The van der Waals surface area contributed by atoms with Gasteiger partial charge in [-0.05, 0) is 130 Å². The number of aryl methyl sites for hydroxylation is 2. The van der Waals surface area contributed by atoms with Crippen molar-refractivity contribution in [1.82, 2.24) is 0 Å². The van der Waals surface area contributed by atoms with Gasteiger partial charge in [-0.15, -0.1) is 0 Å². The molecule has 0 unspecified atom stereocenters. The SMILES string of the molecule is C=C(C)C(=C)/C=C\C.C=C(C)N=C(C)c1ccccc1-c1ccccc1.C=C/C(C)=C(\C=C/C)c1ccc(-c2ccccc2C)c(C)c1C.CC.CC.CC.Cc1ccccc1. The van der Waals surface area contributed by atoms with Crippen LogP contribution in [0.15, 0.2) is 205 Å². The molecule has 0 heterocycles. The van der Waals surface area contributed by atoms with E-state index in [2.05, 4.69) is 176 Å². The van der Waals surface area contributed by atoms with Crippen molar-refractivity contribution in [2.24, 2.45) is 4.99 Å². The third-order valence-corrected chi connectivity index (χ3v) is 9.19. The summed E-state index contributed by atoms with van der Waals surface area (Å²) in [7, 11) is 0. The molecule has 5 aromatic carbocycles. The normalized spacial score (nSPS) is 10.4. The van der Waals surface area contributed by atoms with Crippen LogP contribution in [0.4, 0.5) is 0 Å². The molecule has 1 heteroatoms. The van der Waals surface area contributed by atoms with Crippen LogP contribution in [0.2, 0.25) is 0 Å². The van der Waals surface area contributed by atoms with Gasteiger partial charge in [0.2, 0.25) is 0 Å². The Morgan fingerprint density at radius 1 is 0.500 bits per heavy atom. The largest absolute Gasteiger partial charge is 0.258 e. The van der Waals surface area contributed by atoms with Gasteiger partial charge in [-0.1, -0.05) is 231 Å². The lowest BCUT2D eigenvalue weighted by molar-refractivity contribution is 1.30. The van der Waals surface area contributed by atoms with Crippen LogP contribution in [-0.2, 0) is 0 Å². The Bertz CT molecular complexity index is 2180. The standard InChI is InChI=1S/C23H26.C17H17N.C8H12.C7H8.3C2H6/c1-7-11-20(16(3)8-2)22-14-15-23(19(6)18(22)5)21-13-10-9-12-17(21)4;1-13(2)18-14(3)16-11-7-8-12-17(16)15-9-5-4-6-10-15;1-5-6-8(4)7(2)3;1-7-5-3-2-4-6-7;3*1-2/h7-15H,2H2,1,3-6H3;4-12H,1H2,2-3H3;5-6H,2,4H2,1,3H3;2-6H,1H3;3*1-2H3/b11-7-,20-16+;;6-5-;;;;. The Morgan fingerprint density at radius 2 is 0.984 bits per heavy atom. The van der Waals surface area contributed by atoms with Gasteiger partial charge in [-0.2, -0.15) is 0 Å². The second kappa shape index (κ2) is 34.6. The molecule has 0 aliphatic rings. The summed E-state index contributed by atoms with van der Waals surface area (Å²) >= 11 is 0. The highest BCUT2D eigenvalue weighted by Crippen LogP contribution is 2.34. The smallest absolute Gasteiger partial charge is 0.0454 e. The highest BCUT2D eigenvalue weighted by atomic mass is 14.7. The molecule has 0 atom stereocenters. The molecule has 5 aromatic rings. The van der Waals surface area contributed by atoms with Crippen LogP contribution in [0.25, 0.3) is 27.8 Å². The fraction of sp³-hybridized carbons (Fsp3) is 0.262. The number of benzene rings is 5. The zero-order valence-electron chi connectivity index (χ0n) is 41.7. The average Bonchev–Trinajstić information content (AvgIpc) is 3.30. The van der Waals surface area contributed by atoms with Crippen LogP contribution in [0.5, 0.6) is 0 Å². The molecular formula is C61H81N. The van der Waals surface area contributed by atoms with Crippen LogP contribution in [0, 0.1) is 27.7 Å². The molecule has 0 aliphatic carbocycles. The molecule has 0 amide bonds. The van der Waals surface area contributed by atoms with Crippen LogP contribution in [0.3, 0.4) is 0 Å². The first-order chi connectivity index (χ1) is 29.8. The molecule has 0 N–H and O–H groups in total. The molecule has 62 heavy (non-hydrogen) atoms. The molecule has 0 fully saturated rings. The average molecular weight is 828 g/mol. The summed E-state index contributed by atoms with van der Waals surface area (Å²) in [6.07, 6.45) is 10.1. The van der Waals surface area contributed by atoms with Gasteiger partial charge in [0.25, 0.3) is 0 Å². The molecule has 1 nitrogen and oxygen atoms in total. The third kappa shape index (κ3) is 21.0. The van der Waals surface area contributed by atoms with E-state index in [0.29, 0.717) is 0 Å². The van der Waals surface area contributed by atoms with Gasteiger partial charge in [0.1, 0.15) is 0 Å². The number of hydrogen-bond acceptors (Lipinski definition) is 1. The zero-order valence-corrected chi connectivity index (χ0v) is 41.7. The maximum atomic E-state index is 4.46. The van der Waals surface area contributed by atoms with E-state index in [4.69, 9.17) is 0 Å². The fourth-order valence-electron chi connectivity index (χ4n) is 5.88. The van der Waals surface area contributed by atoms with Gasteiger partial charge in [0.05, 0.1) is 0 Å². The minimum atomic E-state index is 0.829. The third-order valence-electron chi connectivity index (χ3n) is 9.19. The lowest BCUT2D eigenvalue weighted by Crippen LogP contribution is -1.98. The van der Waals surface area contributed by atoms with Gasteiger partial charge in [0, 0.05) is 17.0 Å². The van der Waals surface area contributed by atoms with Crippen molar-refractivity contribution in [2.75, 3.05) is 0 Å². The second-order valence-corrected chi connectivity index (χ2v) is 13.8. The summed E-state index contributed by atoms with van der Waals surface area (Å²) in [5.41, 5.74) is 19.1. The Morgan fingerprint density at radius 3 is 1.42 bits per heavy atom. The Labute approximate surface area is 381 Å². The number of rotatable bonds is 9. The second-order valence-electron chi connectivity index (χ2n) is 13.8. The molecule has 0 aliphatic heterocycles. The minimum absolute atomic E-state index is 0.829. The molecule has 0 saturated carbocycles. The Kier molecular flexibility index (Phi) is 32.4. The summed E-state index contributed by atoms with van der Waals surface area (Å²) in [6.45, 7) is 48.0. The molecule has 0 radical (unpaired) electrons. The van der Waals surface area contributed by atoms with E-state index in [1.807, 2.05) is 118 Å². The molecule has 0 bridgehead atoms. The van der Waals surface area contributed by atoms with E-state index < -0.39 is 0 Å². The summed E-state index contributed by atoms with van der Waals surface area (Å²) in [5.74, 6) is 0. The van der Waals surface area contributed by atoms with Crippen LogP contribution < -0.4 is 0 Å². The van der Waals surface area contributed by atoms with Crippen molar-refractivity contribution in [3.8, 4) is 22.3 Å². The summed E-state index contributed by atoms with van der Waals surface area (Å²) in [5, 5.41) is 0. The summed E-state index contributed by atoms with van der Waals surface area (Å²) < 4.78 is 0. The molecule has 0 saturated heterocycles. The molecule has 0 aromatic heterocycles. The van der Waals surface area contributed by atoms with Crippen molar-refractivity contribution < 1.29 is 0 Å². The van der Waals surface area contributed by atoms with Gasteiger partial charge in [-0.3, -0.25) is 4.99 Å². The van der Waals surface area contributed by atoms with E-state index >= 15 is 0 Å². The van der Waals surface area contributed by atoms with E-state index in [1.54, 1.807) is 0 Å². The lowest BCUT2D eigenvalue weighted by Gasteiger charge is -2.17. The maximum Gasteiger partial charge on any atom is 0.0454 e. The molecular weight excluding hydrogens is 747 g/mol. The highest BCUT2D eigenvalue weighted by molar-refractivity contribution is 6.04. The van der Waals surface area contributed by atoms with Crippen molar-refractivity contribution in [3.05, 3.63) is 234 Å². The van der Waals surface area contributed by atoms with E-state index in [1.165, 1.54) is 61.2 Å². The van der Waals surface area contributed by atoms with Crippen molar-refractivity contribution in [2.45, 2.75) is 111 Å². The maximum absolute atomic E-state index is 4.46. The number of allylic oxidation sites excluding steroid dienone is 10. The highest BCUT2D eigenvalue weighted by Gasteiger charge is 2.12. The van der Waals surface area contributed by atoms with Gasteiger partial charge in [0.15, 0.2) is 0 Å². The first-order valence-electron chi connectivity index (χ1n) is 22.2. The first-order valence-corrected chi connectivity index (χ1v) is 22.2. The quantitative estimate of drug-likeness (QED) is 0.104. The van der Waals surface area contributed by atoms with Gasteiger partial charge >= 0.3 is 0 Å². The monoisotopic (exact) mass is 828 g/mol. The number of nitrogens with zero attached hydrogens (tertiary/aromatic N) is 1. The zero-order chi connectivity index (χ0) is 47.6. The predicted octanol–water partition coefficient (Wildman–Crippen LogP) is 19.3. The number of hydrogen-bond donors (Lipinski definition) is 0. The van der Waals surface area contributed by atoms with Crippen LogP contribution in [0.1, 0.15) is 116 Å². The van der Waals surface area contributed by atoms with Crippen molar-refractivity contribution >= 4 is 11.3 Å². The van der Waals surface area contributed by atoms with Crippen LogP contribution >= 0.6 is 0 Å². The van der Waals surface area contributed by atoms with E-state index in [9.17, 15) is 0 Å². The van der Waals surface area contributed by atoms with E-state index in [0.717, 1.165) is 28.1 Å². The van der Waals surface area contributed by atoms with Crippen molar-refractivity contribution in [3.63, 3.8) is 0 Å². The molecule has 0 spiro atoms. The summed E-state index contributed by atoms with van der Waals surface area (Å²) in [6, 6.07) is 42.0. The molecule has 5 rings (SSSR count). The topological polar surface area (TPSA) is 12.4 Å². The number of aliphatic imine (C=N–C) groups is 1. The van der Waals surface area contributed by atoms with Gasteiger partial charge < -0.3 is 0 Å². The summed E-state index contributed by atoms with van der Waals surface area (Å²) in [4.78, 5) is 4.46. The Hall–Kier alpha value is -6.05.